The Morgan fingerprint density at radius 1 is 1.15 bits per heavy atom. The number of pyridine rings is 1. The van der Waals surface area contributed by atoms with Gasteiger partial charge >= 0.3 is 0 Å². The summed E-state index contributed by atoms with van der Waals surface area (Å²) in [7, 11) is 0. The van der Waals surface area contributed by atoms with Crippen LogP contribution in [0.4, 0.5) is 0 Å². The van der Waals surface area contributed by atoms with Crippen LogP contribution in [0.25, 0.3) is 11.4 Å². The molecule has 0 aliphatic rings. The second-order valence-electron chi connectivity index (χ2n) is 8.54. The summed E-state index contributed by atoms with van der Waals surface area (Å²) in [6.07, 6.45) is 6.22. The van der Waals surface area contributed by atoms with Gasteiger partial charge < -0.3 is 8.98 Å². The molecule has 8 heteroatoms. The number of carbonyl (C=O) groups excluding carboxylic acids is 1. The van der Waals surface area contributed by atoms with E-state index in [2.05, 4.69) is 40.5 Å². The largest absolute Gasteiger partial charge is 0.467 e. The molecular weight excluding hydrogens is 434 g/mol. The number of ketones is 1. The van der Waals surface area contributed by atoms with Crippen molar-refractivity contribution < 1.29 is 9.21 Å². The van der Waals surface area contributed by atoms with E-state index in [-0.39, 0.29) is 11.5 Å². The Bertz CT molecular complexity index is 1210. The highest BCUT2D eigenvalue weighted by Gasteiger charge is 2.20. The molecule has 172 valence electrons. The van der Waals surface area contributed by atoms with Crippen molar-refractivity contribution in [3.63, 3.8) is 0 Å². The van der Waals surface area contributed by atoms with Crippen LogP contribution in [0, 0.1) is 19.8 Å². The molecule has 0 atom stereocenters. The van der Waals surface area contributed by atoms with Crippen molar-refractivity contribution in [1.82, 2.24) is 24.3 Å². The molecule has 0 saturated heterocycles. The maximum absolute atomic E-state index is 13.1. The Morgan fingerprint density at radius 3 is 2.70 bits per heavy atom. The summed E-state index contributed by atoms with van der Waals surface area (Å²) in [6, 6.07) is 9.59. The van der Waals surface area contributed by atoms with Crippen LogP contribution in [0.5, 0.6) is 0 Å². The Hall–Kier alpha value is -3.13. The van der Waals surface area contributed by atoms with Crippen LogP contribution < -0.4 is 0 Å². The van der Waals surface area contributed by atoms with Crippen LogP contribution >= 0.6 is 11.8 Å². The van der Waals surface area contributed by atoms with Crippen molar-refractivity contribution in [2.75, 3.05) is 5.75 Å². The Balaban J connectivity index is 1.54. The number of furan rings is 1. The average Bonchev–Trinajstić information content (AvgIpc) is 3.52. The summed E-state index contributed by atoms with van der Waals surface area (Å²) in [5.74, 6) is 2.50. The number of Topliss-reactive ketones (excluding diaryl/α,β-unsaturated/α-hetero) is 1. The first-order valence-corrected chi connectivity index (χ1v) is 12.1. The van der Waals surface area contributed by atoms with E-state index in [4.69, 9.17) is 4.42 Å². The molecule has 4 rings (SSSR count). The maximum atomic E-state index is 13.1. The van der Waals surface area contributed by atoms with Crippen LogP contribution in [0.2, 0.25) is 0 Å². The quantitative estimate of drug-likeness (QED) is 0.231. The summed E-state index contributed by atoms with van der Waals surface area (Å²) >= 11 is 1.40. The molecule has 0 spiro atoms. The van der Waals surface area contributed by atoms with Gasteiger partial charge in [0.15, 0.2) is 16.8 Å². The van der Waals surface area contributed by atoms with Gasteiger partial charge in [0.25, 0.3) is 0 Å². The van der Waals surface area contributed by atoms with Gasteiger partial charge in [-0.1, -0.05) is 25.6 Å². The third kappa shape index (κ3) is 5.27. The normalized spacial score (nSPS) is 11.4. The van der Waals surface area contributed by atoms with E-state index in [1.807, 2.05) is 41.8 Å². The number of hydrogen-bond donors (Lipinski definition) is 0. The van der Waals surface area contributed by atoms with Gasteiger partial charge in [-0.3, -0.25) is 14.3 Å². The highest BCUT2D eigenvalue weighted by atomic mass is 32.2. The third-order valence-corrected chi connectivity index (χ3v) is 6.63. The van der Waals surface area contributed by atoms with Crippen molar-refractivity contribution in [1.29, 1.82) is 0 Å². The van der Waals surface area contributed by atoms with Crippen LogP contribution in [0.1, 0.15) is 47.8 Å². The zero-order chi connectivity index (χ0) is 23.4. The van der Waals surface area contributed by atoms with Gasteiger partial charge in [-0.2, -0.15) is 0 Å². The third-order valence-electron chi connectivity index (χ3n) is 5.67. The molecule has 4 aromatic rings. The van der Waals surface area contributed by atoms with Crippen molar-refractivity contribution in [3.8, 4) is 11.4 Å². The molecule has 0 saturated carbocycles. The Kier molecular flexibility index (Phi) is 7.13. The smallest absolute Gasteiger partial charge is 0.192 e. The van der Waals surface area contributed by atoms with Gasteiger partial charge in [0.05, 0.1) is 18.6 Å². The molecule has 0 unspecified atom stereocenters. The second-order valence-corrected chi connectivity index (χ2v) is 9.49. The van der Waals surface area contributed by atoms with Crippen molar-refractivity contribution in [3.05, 3.63) is 71.7 Å². The Labute approximate surface area is 198 Å². The van der Waals surface area contributed by atoms with Crippen LogP contribution in [-0.2, 0) is 13.1 Å². The van der Waals surface area contributed by atoms with E-state index in [0.717, 1.165) is 41.2 Å². The lowest BCUT2D eigenvalue weighted by Gasteiger charge is -2.11. The lowest BCUT2D eigenvalue weighted by molar-refractivity contribution is 0.102. The molecule has 0 radical (unpaired) electrons. The van der Waals surface area contributed by atoms with Crippen molar-refractivity contribution >= 4 is 17.5 Å². The predicted octanol–water partition coefficient (Wildman–Crippen LogP) is 5.42. The zero-order valence-electron chi connectivity index (χ0n) is 19.5. The van der Waals surface area contributed by atoms with E-state index in [1.54, 1.807) is 18.7 Å². The first-order valence-electron chi connectivity index (χ1n) is 11.1. The molecule has 4 heterocycles. The van der Waals surface area contributed by atoms with Crippen molar-refractivity contribution in [2.24, 2.45) is 5.92 Å². The van der Waals surface area contributed by atoms with Crippen molar-refractivity contribution in [2.45, 2.75) is 52.4 Å². The van der Waals surface area contributed by atoms with Crippen LogP contribution in [0.3, 0.4) is 0 Å². The summed E-state index contributed by atoms with van der Waals surface area (Å²) in [6.45, 7) is 9.94. The first kappa shape index (κ1) is 23.0. The van der Waals surface area contributed by atoms with E-state index in [1.165, 1.54) is 11.8 Å². The molecule has 4 aromatic heterocycles. The summed E-state index contributed by atoms with van der Waals surface area (Å²) in [4.78, 5) is 17.3. The van der Waals surface area contributed by atoms with E-state index in [0.29, 0.717) is 23.4 Å². The number of thioether (sulfide) groups is 1. The highest BCUT2D eigenvalue weighted by Crippen LogP contribution is 2.26. The number of carbonyl (C=O) groups is 1. The highest BCUT2D eigenvalue weighted by molar-refractivity contribution is 7.99. The number of hydrogen-bond acceptors (Lipinski definition) is 6. The second kappa shape index (κ2) is 10.2. The lowest BCUT2D eigenvalue weighted by atomic mass is 10.1. The van der Waals surface area contributed by atoms with Gasteiger partial charge in [0.1, 0.15) is 5.76 Å². The van der Waals surface area contributed by atoms with Gasteiger partial charge in [0.2, 0.25) is 0 Å². The summed E-state index contributed by atoms with van der Waals surface area (Å²) in [5, 5.41) is 9.44. The Morgan fingerprint density at radius 2 is 2.00 bits per heavy atom. The molecular formula is C25H29N5O2S. The topological polar surface area (TPSA) is 78.7 Å². The summed E-state index contributed by atoms with van der Waals surface area (Å²) < 4.78 is 9.77. The van der Waals surface area contributed by atoms with E-state index >= 15 is 0 Å². The van der Waals surface area contributed by atoms with Crippen LogP contribution in [-0.4, -0.2) is 35.9 Å². The van der Waals surface area contributed by atoms with Gasteiger partial charge in [-0.05, 0) is 56.5 Å². The first-order chi connectivity index (χ1) is 15.9. The number of aromatic nitrogens is 5. The van der Waals surface area contributed by atoms with Gasteiger partial charge in [-0.25, -0.2) is 0 Å². The van der Waals surface area contributed by atoms with Crippen LogP contribution in [0.15, 0.2) is 58.6 Å². The predicted molar refractivity (Wildman–Crippen MR) is 129 cm³/mol. The minimum absolute atomic E-state index is 0.0966. The monoisotopic (exact) mass is 463 g/mol. The fourth-order valence-electron chi connectivity index (χ4n) is 3.83. The molecule has 0 aliphatic heterocycles. The number of aryl methyl sites for hydroxylation is 1. The van der Waals surface area contributed by atoms with E-state index < -0.39 is 0 Å². The standard InChI is InChI=1S/C25H29N5O2S/c1-17(2)9-11-29-18(3)13-22(19(29)4)23(31)16-33-25-28-27-24(20-7-5-10-26-14-20)30(25)15-21-8-6-12-32-21/h5-8,10,12-14,17H,9,11,15-16H2,1-4H3. The number of nitrogens with zero attached hydrogens (tertiary/aromatic N) is 5. The maximum Gasteiger partial charge on any atom is 0.192 e. The summed E-state index contributed by atoms with van der Waals surface area (Å²) in [5.41, 5.74) is 3.81. The zero-order valence-corrected chi connectivity index (χ0v) is 20.3. The minimum atomic E-state index is 0.0966. The van der Waals surface area contributed by atoms with E-state index in [9.17, 15) is 4.79 Å². The molecule has 0 aromatic carbocycles. The average molecular weight is 464 g/mol. The minimum Gasteiger partial charge on any atom is -0.467 e. The lowest BCUT2D eigenvalue weighted by Crippen LogP contribution is -2.09. The molecule has 0 fully saturated rings. The number of rotatable bonds is 10. The molecule has 0 amide bonds. The molecule has 0 bridgehead atoms. The SMILES string of the molecule is Cc1cc(C(=O)CSc2nnc(-c3cccnc3)n2Cc2ccco2)c(C)n1CCC(C)C. The molecule has 0 aliphatic carbocycles. The fraction of sp³-hybridized carbons (Fsp3) is 0.360. The van der Waals surface area contributed by atoms with Gasteiger partial charge in [0, 0.05) is 41.5 Å². The van der Waals surface area contributed by atoms with Gasteiger partial charge in [-0.15, -0.1) is 10.2 Å². The molecule has 7 nitrogen and oxygen atoms in total. The fourth-order valence-corrected chi connectivity index (χ4v) is 4.65. The molecule has 33 heavy (non-hydrogen) atoms. The molecule has 0 N–H and O–H groups in total.